The first-order valence-corrected chi connectivity index (χ1v) is 6.27. The average Bonchev–Trinajstić information content (AvgIpc) is 2.93. The van der Waals surface area contributed by atoms with Gasteiger partial charge in [-0.1, -0.05) is 42.5 Å². The van der Waals surface area contributed by atoms with Crippen LogP contribution >= 0.6 is 0 Å². The van der Waals surface area contributed by atoms with Crippen molar-refractivity contribution >= 4 is 0 Å². The Balaban J connectivity index is 1.76. The van der Waals surface area contributed by atoms with E-state index in [4.69, 9.17) is 4.74 Å². The predicted octanol–water partition coefficient (Wildman–Crippen LogP) is 3.21. The maximum absolute atomic E-state index is 11.0. The van der Waals surface area contributed by atoms with E-state index in [0.717, 1.165) is 16.9 Å². The summed E-state index contributed by atoms with van der Waals surface area (Å²) in [5, 5.41) is 2.58. The second-order valence-corrected chi connectivity index (χ2v) is 4.38. The molecule has 0 amide bonds. The van der Waals surface area contributed by atoms with Crippen molar-refractivity contribution in [3.8, 4) is 17.0 Å². The number of hydrogen-bond donors (Lipinski definition) is 1. The number of rotatable bonds is 4. The van der Waals surface area contributed by atoms with Crippen LogP contribution in [0.5, 0.6) is 5.75 Å². The molecule has 0 unspecified atom stereocenters. The van der Waals surface area contributed by atoms with Crippen molar-refractivity contribution in [2.75, 3.05) is 0 Å². The zero-order valence-electron chi connectivity index (χ0n) is 10.7. The molecular weight excluding hydrogens is 254 g/mol. The summed E-state index contributed by atoms with van der Waals surface area (Å²) in [6.45, 7) is 0.506. The van der Waals surface area contributed by atoms with Gasteiger partial charge in [-0.05, 0) is 17.7 Å². The maximum Gasteiger partial charge on any atom is 0.357 e. The van der Waals surface area contributed by atoms with E-state index in [-0.39, 0.29) is 0 Å². The molecule has 4 heteroatoms. The van der Waals surface area contributed by atoms with Gasteiger partial charge in [0.25, 0.3) is 0 Å². The average molecular weight is 267 g/mol. The van der Waals surface area contributed by atoms with E-state index in [0.29, 0.717) is 12.3 Å². The highest BCUT2D eigenvalue weighted by Crippen LogP contribution is 2.22. The number of hydrogen-bond acceptors (Lipinski definition) is 3. The van der Waals surface area contributed by atoms with Crippen molar-refractivity contribution in [1.29, 1.82) is 0 Å². The van der Waals surface area contributed by atoms with Crippen LogP contribution in [0.1, 0.15) is 5.56 Å². The van der Waals surface area contributed by atoms with Crippen molar-refractivity contribution in [3.05, 3.63) is 76.6 Å². The van der Waals surface area contributed by atoms with Gasteiger partial charge < -0.3 is 9.26 Å². The molecule has 4 nitrogen and oxygen atoms in total. The summed E-state index contributed by atoms with van der Waals surface area (Å²) in [7, 11) is 0. The summed E-state index contributed by atoms with van der Waals surface area (Å²) >= 11 is 0. The first kappa shape index (κ1) is 12.3. The fourth-order valence-corrected chi connectivity index (χ4v) is 1.92. The third-order valence-corrected chi connectivity index (χ3v) is 2.92. The van der Waals surface area contributed by atoms with Gasteiger partial charge in [-0.3, -0.25) is 0 Å². The fourth-order valence-electron chi connectivity index (χ4n) is 1.92. The third-order valence-electron chi connectivity index (χ3n) is 2.92. The molecule has 0 spiro atoms. The number of aromatic amines is 1. The Bertz CT molecular complexity index is 743. The van der Waals surface area contributed by atoms with E-state index >= 15 is 0 Å². The number of H-pyrrole nitrogens is 1. The quantitative estimate of drug-likeness (QED) is 0.789. The lowest BCUT2D eigenvalue weighted by atomic mass is 10.1. The van der Waals surface area contributed by atoms with Crippen LogP contribution in [0.15, 0.2) is 70.0 Å². The minimum Gasteiger partial charge on any atom is -0.489 e. The molecule has 3 rings (SSSR count). The van der Waals surface area contributed by atoms with Crippen LogP contribution in [-0.2, 0) is 6.61 Å². The standard InChI is InChI=1S/C16H13NO3/c18-16-10-15(17-20-16)13-7-4-8-14(9-13)19-11-12-5-2-1-3-6-12/h1-10,17H,11H2. The summed E-state index contributed by atoms with van der Waals surface area (Å²) < 4.78 is 10.4. The number of benzene rings is 2. The molecule has 100 valence electrons. The van der Waals surface area contributed by atoms with Crippen molar-refractivity contribution in [2.45, 2.75) is 6.61 Å². The highest BCUT2D eigenvalue weighted by molar-refractivity contribution is 5.60. The molecule has 0 radical (unpaired) electrons. The van der Waals surface area contributed by atoms with Crippen LogP contribution in [-0.4, -0.2) is 5.16 Å². The summed E-state index contributed by atoms with van der Waals surface area (Å²) in [4.78, 5) is 11.0. The molecule has 1 aromatic heterocycles. The fraction of sp³-hybridized carbons (Fsp3) is 0.0625. The second-order valence-electron chi connectivity index (χ2n) is 4.38. The molecular formula is C16H13NO3. The SMILES string of the molecule is O=c1cc(-c2cccc(OCc3ccccc3)c2)[nH]o1. The predicted molar refractivity (Wildman–Crippen MR) is 75.5 cm³/mol. The Labute approximate surface area is 115 Å². The lowest BCUT2D eigenvalue weighted by Gasteiger charge is -2.07. The summed E-state index contributed by atoms with van der Waals surface area (Å²) in [6.07, 6.45) is 0. The topological polar surface area (TPSA) is 55.2 Å². The van der Waals surface area contributed by atoms with Crippen molar-refractivity contribution in [1.82, 2.24) is 5.16 Å². The molecule has 0 aliphatic heterocycles. The molecule has 0 atom stereocenters. The smallest absolute Gasteiger partial charge is 0.357 e. The van der Waals surface area contributed by atoms with E-state index in [2.05, 4.69) is 9.68 Å². The van der Waals surface area contributed by atoms with Gasteiger partial charge in [0.15, 0.2) is 0 Å². The largest absolute Gasteiger partial charge is 0.489 e. The lowest BCUT2D eigenvalue weighted by molar-refractivity contribution is 0.306. The lowest BCUT2D eigenvalue weighted by Crippen LogP contribution is -1.95. The Morgan fingerprint density at radius 3 is 2.60 bits per heavy atom. The molecule has 0 saturated heterocycles. The molecule has 20 heavy (non-hydrogen) atoms. The van der Waals surface area contributed by atoms with Gasteiger partial charge in [0.1, 0.15) is 12.4 Å². The summed E-state index contributed by atoms with van der Waals surface area (Å²) in [6, 6.07) is 18.9. The Morgan fingerprint density at radius 1 is 1.00 bits per heavy atom. The van der Waals surface area contributed by atoms with Gasteiger partial charge in [-0.2, -0.15) is 0 Å². The molecule has 0 bridgehead atoms. The second kappa shape index (κ2) is 5.48. The summed E-state index contributed by atoms with van der Waals surface area (Å²) in [5.74, 6) is 0.744. The molecule has 1 N–H and O–H groups in total. The minimum absolute atomic E-state index is 0.393. The van der Waals surface area contributed by atoms with Crippen molar-refractivity contribution in [3.63, 3.8) is 0 Å². The summed E-state index contributed by atoms with van der Waals surface area (Å²) in [5.41, 5.74) is 2.20. The zero-order valence-corrected chi connectivity index (χ0v) is 10.7. The van der Waals surface area contributed by atoms with Gasteiger partial charge in [0.05, 0.1) is 11.8 Å². The van der Waals surface area contributed by atoms with E-state index < -0.39 is 5.63 Å². The molecule has 2 aromatic carbocycles. The van der Waals surface area contributed by atoms with Crippen LogP contribution in [0, 0.1) is 0 Å². The number of aromatic nitrogens is 1. The van der Waals surface area contributed by atoms with Crippen LogP contribution < -0.4 is 10.4 Å². The molecule has 3 aromatic rings. The van der Waals surface area contributed by atoms with Gasteiger partial charge >= 0.3 is 5.63 Å². The molecule has 0 fully saturated rings. The van der Waals surface area contributed by atoms with Gasteiger partial charge in [-0.15, -0.1) is 0 Å². The number of ether oxygens (including phenoxy) is 1. The maximum atomic E-state index is 11.0. The van der Waals surface area contributed by atoms with Crippen molar-refractivity contribution < 1.29 is 9.26 Å². The van der Waals surface area contributed by atoms with E-state index in [9.17, 15) is 4.79 Å². The van der Waals surface area contributed by atoms with Gasteiger partial charge in [0.2, 0.25) is 0 Å². The first-order chi connectivity index (χ1) is 9.81. The van der Waals surface area contributed by atoms with Gasteiger partial charge in [0, 0.05) is 5.56 Å². The molecule has 0 aliphatic carbocycles. The Morgan fingerprint density at radius 2 is 1.85 bits per heavy atom. The highest BCUT2D eigenvalue weighted by atomic mass is 16.5. The highest BCUT2D eigenvalue weighted by Gasteiger charge is 2.04. The molecule has 1 heterocycles. The zero-order chi connectivity index (χ0) is 13.8. The molecule has 0 saturated carbocycles. The Kier molecular flexibility index (Phi) is 3.37. The van der Waals surface area contributed by atoms with Crippen LogP contribution in [0.3, 0.4) is 0 Å². The normalized spacial score (nSPS) is 10.4. The Hall–Kier alpha value is -2.75. The van der Waals surface area contributed by atoms with Crippen molar-refractivity contribution in [2.24, 2.45) is 0 Å². The van der Waals surface area contributed by atoms with Gasteiger partial charge in [-0.25, -0.2) is 9.95 Å². The van der Waals surface area contributed by atoms with E-state index in [1.165, 1.54) is 6.07 Å². The molecule has 0 aliphatic rings. The first-order valence-electron chi connectivity index (χ1n) is 6.27. The van der Waals surface area contributed by atoms with Crippen LogP contribution in [0.4, 0.5) is 0 Å². The van der Waals surface area contributed by atoms with Crippen LogP contribution in [0.25, 0.3) is 11.3 Å². The van der Waals surface area contributed by atoms with E-state index in [1.54, 1.807) is 0 Å². The van der Waals surface area contributed by atoms with Crippen LogP contribution in [0.2, 0.25) is 0 Å². The monoisotopic (exact) mass is 267 g/mol. The number of nitrogens with one attached hydrogen (secondary N) is 1. The minimum atomic E-state index is -0.393. The van der Waals surface area contributed by atoms with E-state index in [1.807, 2.05) is 54.6 Å². The third kappa shape index (κ3) is 2.80.